The molecule has 2 rings (SSSR count). The van der Waals surface area contributed by atoms with E-state index in [4.69, 9.17) is 5.26 Å². The molecule has 1 aliphatic rings. The van der Waals surface area contributed by atoms with E-state index >= 15 is 0 Å². The van der Waals surface area contributed by atoms with Gasteiger partial charge in [-0.25, -0.2) is 0 Å². The zero-order valence-corrected chi connectivity index (χ0v) is 16.5. The lowest BCUT2D eigenvalue weighted by Gasteiger charge is -2.26. The van der Waals surface area contributed by atoms with Crippen molar-refractivity contribution in [3.05, 3.63) is 59.7 Å². The van der Waals surface area contributed by atoms with E-state index in [-0.39, 0.29) is 0 Å². The molecule has 1 aromatic carbocycles. The molecule has 1 saturated carbocycles. The van der Waals surface area contributed by atoms with Gasteiger partial charge in [-0.15, -0.1) is 0 Å². The van der Waals surface area contributed by atoms with Gasteiger partial charge in [-0.1, -0.05) is 68.7 Å². The molecule has 0 amide bonds. The Morgan fingerprint density at radius 1 is 0.923 bits per heavy atom. The number of nitrogens with zero attached hydrogens (tertiary/aromatic N) is 1. The van der Waals surface area contributed by atoms with Crippen LogP contribution in [0.15, 0.2) is 48.6 Å². The Labute approximate surface area is 160 Å². The van der Waals surface area contributed by atoms with Crippen molar-refractivity contribution >= 4 is 0 Å². The third-order valence-electron chi connectivity index (χ3n) is 5.73. The molecule has 0 heterocycles. The van der Waals surface area contributed by atoms with Crippen LogP contribution in [0.3, 0.4) is 0 Å². The number of aryl methyl sites for hydroxylation is 2. The molecule has 140 valence electrons. The van der Waals surface area contributed by atoms with Crippen LogP contribution in [0, 0.1) is 23.2 Å². The molecule has 0 bridgehead atoms. The molecule has 0 atom stereocenters. The Bertz CT molecular complexity index is 580. The molecule has 0 unspecified atom stereocenters. The molecule has 0 spiro atoms. The fourth-order valence-electron chi connectivity index (χ4n) is 4.00. The second-order valence-corrected chi connectivity index (χ2v) is 7.82. The van der Waals surface area contributed by atoms with Gasteiger partial charge >= 0.3 is 0 Å². The van der Waals surface area contributed by atoms with E-state index in [1.165, 1.54) is 81.8 Å². The Morgan fingerprint density at radius 2 is 1.58 bits per heavy atom. The van der Waals surface area contributed by atoms with Gasteiger partial charge in [0.15, 0.2) is 0 Å². The highest BCUT2D eigenvalue weighted by atomic mass is 14.2. The van der Waals surface area contributed by atoms with E-state index in [2.05, 4.69) is 37.3 Å². The lowest BCUT2D eigenvalue weighted by molar-refractivity contribution is 0.289. The lowest BCUT2D eigenvalue weighted by atomic mass is 9.79. The van der Waals surface area contributed by atoms with E-state index in [9.17, 15) is 0 Å². The maximum absolute atomic E-state index is 8.49. The smallest absolute Gasteiger partial charge is 0.0912 e. The van der Waals surface area contributed by atoms with E-state index < -0.39 is 0 Å². The summed E-state index contributed by atoms with van der Waals surface area (Å²) >= 11 is 0. The largest absolute Gasteiger partial charge is 0.193 e. The molecule has 26 heavy (non-hydrogen) atoms. The van der Waals surface area contributed by atoms with Gasteiger partial charge in [0, 0.05) is 6.08 Å². The van der Waals surface area contributed by atoms with Gasteiger partial charge in [-0.05, 0) is 74.3 Å². The molecule has 1 aromatic rings. The summed E-state index contributed by atoms with van der Waals surface area (Å²) in [6.07, 6.45) is 22.2. The van der Waals surface area contributed by atoms with Crippen molar-refractivity contribution in [3.8, 4) is 6.07 Å². The maximum atomic E-state index is 8.49. The fourth-order valence-corrected chi connectivity index (χ4v) is 4.00. The lowest BCUT2D eigenvalue weighted by Crippen LogP contribution is -2.13. The Hall–Kier alpha value is -1.81. The summed E-state index contributed by atoms with van der Waals surface area (Å²) in [7, 11) is 0. The predicted molar refractivity (Wildman–Crippen MR) is 112 cm³/mol. The molecule has 0 N–H and O–H groups in total. The first-order valence-electron chi connectivity index (χ1n) is 10.6. The van der Waals surface area contributed by atoms with Gasteiger partial charge in [0.1, 0.15) is 0 Å². The van der Waals surface area contributed by atoms with E-state index in [1.54, 1.807) is 6.08 Å². The van der Waals surface area contributed by atoms with Crippen molar-refractivity contribution in [2.75, 3.05) is 0 Å². The molecule has 0 saturated heterocycles. The van der Waals surface area contributed by atoms with Crippen LogP contribution in [-0.2, 0) is 12.8 Å². The minimum Gasteiger partial charge on any atom is -0.193 e. The van der Waals surface area contributed by atoms with E-state index in [1.807, 2.05) is 18.2 Å². The Morgan fingerprint density at radius 3 is 2.19 bits per heavy atom. The summed E-state index contributed by atoms with van der Waals surface area (Å²) in [4.78, 5) is 0. The number of nitriles is 1. The number of unbranched alkanes of at least 4 members (excludes halogenated alkanes) is 2. The Balaban J connectivity index is 1.57. The standard InChI is InChI=1S/C25H35N/c1-2-3-9-22-13-15-24(16-14-22)11-6-7-12-25-19-17-23(18-20-25)10-5-4-8-21-26/h4-5,8,10,13-16,23,25H,2-3,6-7,9,11-12,17-20H2,1H3/b8-4+,10-5+. The molecular formula is C25H35N. The fraction of sp³-hybridized carbons (Fsp3) is 0.560. The van der Waals surface area contributed by atoms with Crippen LogP contribution in [0.2, 0.25) is 0 Å². The second-order valence-electron chi connectivity index (χ2n) is 7.82. The normalized spacial score (nSPS) is 20.6. The third kappa shape index (κ3) is 8.05. The van der Waals surface area contributed by atoms with Crippen LogP contribution < -0.4 is 0 Å². The van der Waals surface area contributed by atoms with Crippen LogP contribution in [0.4, 0.5) is 0 Å². The highest BCUT2D eigenvalue weighted by Gasteiger charge is 2.18. The van der Waals surface area contributed by atoms with Crippen molar-refractivity contribution in [1.82, 2.24) is 0 Å². The van der Waals surface area contributed by atoms with Crippen LogP contribution >= 0.6 is 0 Å². The molecule has 0 radical (unpaired) electrons. The van der Waals surface area contributed by atoms with Crippen molar-refractivity contribution in [2.24, 2.45) is 11.8 Å². The van der Waals surface area contributed by atoms with E-state index in [0.29, 0.717) is 0 Å². The van der Waals surface area contributed by atoms with E-state index in [0.717, 1.165) is 11.8 Å². The molecule has 0 aliphatic heterocycles. The summed E-state index contributed by atoms with van der Waals surface area (Å²) in [5, 5.41) is 8.49. The molecular weight excluding hydrogens is 314 g/mol. The second kappa shape index (κ2) is 12.5. The highest BCUT2D eigenvalue weighted by molar-refractivity contribution is 5.22. The van der Waals surface area contributed by atoms with Gasteiger partial charge < -0.3 is 0 Å². The van der Waals surface area contributed by atoms with Crippen molar-refractivity contribution in [3.63, 3.8) is 0 Å². The SMILES string of the molecule is CCCCc1ccc(CCCCC2CCC(/C=C/C=C/C#N)CC2)cc1. The summed E-state index contributed by atoms with van der Waals surface area (Å²) in [6.45, 7) is 2.26. The van der Waals surface area contributed by atoms with Gasteiger partial charge in [-0.3, -0.25) is 0 Å². The van der Waals surface area contributed by atoms with Crippen LogP contribution in [0.1, 0.15) is 75.8 Å². The van der Waals surface area contributed by atoms with Gasteiger partial charge in [0.25, 0.3) is 0 Å². The molecule has 1 fully saturated rings. The van der Waals surface area contributed by atoms with Crippen LogP contribution in [0.5, 0.6) is 0 Å². The monoisotopic (exact) mass is 349 g/mol. The Kier molecular flexibility index (Phi) is 9.88. The number of rotatable bonds is 10. The van der Waals surface area contributed by atoms with Crippen LogP contribution in [0.25, 0.3) is 0 Å². The highest BCUT2D eigenvalue weighted by Crippen LogP contribution is 2.32. The predicted octanol–water partition coefficient (Wildman–Crippen LogP) is 7.18. The minimum atomic E-state index is 0.723. The van der Waals surface area contributed by atoms with Crippen molar-refractivity contribution < 1.29 is 0 Å². The minimum absolute atomic E-state index is 0.723. The van der Waals surface area contributed by atoms with Crippen molar-refractivity contribution in [1.29, 1.82) is 5.26 Å². The number of hydrogen-bond acceptors (Lipinski definition) is 1. The maximum Gasteiger partial charge on any atom is 0.0912 e. The quantitative estimate of drug-likeness (QED) is 0.249. The molecule has 1 aliphatic carbocycles. The third-order valence-corrected chi connectivity index (χ3v) is 5.73. The first-order valence-corrected chi connectivity index (χ1v) is 10.6. The first kappa shape index (κ1) is 20.5. The average Bonchev–Trinajstić information content (AvgIpc) is 2.69. The summed E-state index contributed by atoms with van der Waals surface area (Å²) in [5.41, 5.74) is 2.99. The molecule has 1 nitrogen and oxygen atoms in total. The molecule has 0 aromatic heterocycles. The number of allylic oxidation sites excluding steroid dienone is 4. The van der Waals surface area contributed by atoms with Crippen molar-refractivity contribution in [2.45, 2.75) is 77.6 Å². The first-order chi connectivity index (χ1) is 12.8. The van der Waals surface area contributed by atoms with Gasteiger partial charge in [0.2, 0.25) is 0 Å². The zero-order valence-electron chi connectivity index (χ0n) is 16.5. The number of hydrogen-bond donors (Lipinski definition) is 0. The summed E-state index contributed by atoms with van der Waals surface area (Å²) in [5.74, 6) is 1.66. The summed E-state index contributed by atoms with van der Waals surface area (Å²) in [6, 6.07) is 11.4. The summed E-state index contributed by atoms with van der Waals surface area (Å²) < 4.78 is 0. The van der Waals surface area contributed by atoms with Gasteiger partial charge in [-0.2, -0.15) is 5.26 Å². The number of benzene rings is 1. The zero-order chi connectivity index (χ0) is 18.5. The van der Waals surface area contributed by atoms with Crippen LogP contribution in [-0.4, -0.2) is 0 Å². The topological polar surface area (TPSA) is 23.8 Å². The molecule has 1 heteroatoms. The van der Waals surface area contributed by atoms with Gasteiger partial charge in [0.05, 0.1) is 6.07 Å². The average molecular weight is 350 g/mol.